The lowest BCUT2D eigenvalue weighted by atomic mass is 10.1. The average molecular weight is 245 g/mol. The molecule has 2 rings (SSSR count). The summed E-state index contributed by atoms with van der Waals surface area (Å²) in [6.07, 6.45) is 2.57. The fourth-order valence-electron chi connectivity index (χ4n) is 1.69. The first-order valence-corrected chi connectivity index (χ1v) is 5.65. The number of primary amides is 1. The van der Waals surface area contributed by atoms with Crippen LogP contribution in [0.3, 0.4) is 0 Å². The van der Waals surface area contributed by atoms with E-state index >= 15 is 0 Å². The summed E-state index contributed by atoms with van der Waals surface area (Å²) in [4.78, 5) is 10.9. The van der Waals surface area contributed by atoms with E-state index in [1.807, 2.05) is 24.3 Å². The van der Waals surface area contributed by atoms with Crippen molar-refractivity contribution in [1.29, 1.82) is 0 Å². The van der Waals surface area contributed by atoms with Gasteiger partial charge in [0.2, 0.25) is 0 Å². The highest BCUT2D eigenvalue weighted by molar-refractivity contribution is 5.90. The van der Waals surface area contributed by atoms with Gasteiger partial charge in [-0.1, -0.05) is 12.1 Å². The fourth-order valence-corrected chi connectivity index (χ4v) is 1.69. The molecule has 94 valence electrons. The third kappa shape index (κ3) is 2.88. The second-order valence-corrected chi connectivity index (χ2v) is 3.93. The van der Waals surface area contributed by atoms with E-state index in [1.54, 1.807) is 24.1 Å². The summed E-state index contributed by atoms with van der Waals surface area (Å²) < 4.78 is 6.87. The second kappa shape index (κ2) is 5.35. The molecule has 5 nitrogen and oxygen atoms in total. The van der Waals surface area contributed by atoms with Crippen LogP contribution in [0.2, 0.25) is 0 Å². The molecule has 2 aromatic rings. The van der Waals surface area contributed by atoms with E-state index in [1.165, 1.54) is 0 Å². The van der Waals surface area contributed by atoms with Gasteiger partial charge in [-0.2, -0.15) is 5.10 Å². The number of hydrogen-bond acceptors (Lipinski definition) is 3. The van der Waals surface area contributed by atoms with E-state index in [0.717, 1.165) is 17.7 Å². The summed E-state index contributed by atoms with van der Waals surface area (Å²) >= 11 is 0. The summed E-state index contributed by atoms with van der Waals surface area (Å²) in [6, 6.07) is 9.49. The second-order valence-electron chi connectivity index (χ2n) is 3.93. The first-order chi connectivity index (χ1) is 8.69. The van der Waals surface area contributed by atoms with Crippen LogP contribution in [-0.2, 0) is 13.0 Å². The number of aryl methyl sites for hydroxylation is 2. The number of nitrogens with two attached hydrogens (primary N) is 1. The van der Waals surface area contributed by atoms with Crippen molar-refractivity contribution >= 4 is 5.91 Å². The van der Waals surface area contributed by atoms with E-state index in [-0.39, 0.29) is 0 Å². The number of nitrogens with zero attached hydrogens (tertiary/aromatic N) is 2. The predicted octanol–water partition coefficient (Wildman–Crippen LogP) is 1.23. The Morgan fingerprint density at radius 2 is 2.28 bits per heavy atom. The van der Waals surface area contributed by atoms with Gasteiger partial charge in [0, 0.05) is 12.7 Å². The Hall–Kier alpha value is -2.30. The van der Waals surface area contributed by atoms with Gasteiger partial charge in [0.1, 0.15) is 11.4 Å². The standard InChI is InChI=1S/C13H15N3O2/c1-18-11-4-2-3-10(9-11)5-7-16-8-6-12(15-16)13(14)17/h2-4,6,8-9H,5,7H2,1H3,(H2,14,17). The molecule has 0 unspecified atom stereocenters. The molecule has 1 amide bonds. The van der Waals surface area contributed by atoms with Gasteiger partial charge in [0.05, 0.1) is 7.11 Å². The van der Waals surface area contributed by atoms with E-state index in [2.05, 4.69) is 5.10 Å². The molecule has 0 spiro atoms. The normalized spacial score (nSPS) is 10.3. The van der Waals surface area contributed by atoms with E-state index in [9.17, 15) is 4.79 Å². The van der Waals surface area contributed by atoms with Crippen LogP contribution in [0.1, 0.15) is 16.1 Å². The highest BCUT2D eigenvalue weighted by atomic mass is 16.5. The number of carbonyl (C=O) groups is 1. The summed E-state index contributed by atoms with van der Waals surface area (Å²) in [5, 5.41) is 4.08. The van der Waals surface area contributed by atoms with Crippen molar-refractivity contribution in [2.45, 2.75) is 13.0 Å². The third-order valence-corrected chi connectivity index (χ3v) is 2.66. The topological polar surface area (TPSA) is 70.1 Å². The van der Waals surface area contributed by atoms with Crippen LogP contribution in [0.5, 0.6) is 5.75 Å². The number of ether oxygens (including phenoxy) is 1. The van der Waals surface area contributed by atoms with Crippen molar-refractivity contribution in [3.8, 4) is 5.75 Å². The first-order valence-electron chi connectivity index (χ1n) is 5.65. The quantitative estimate of drug-likeness (QED) is 0.861. The number of amides is 1. The van der Waals surface area contributed by atoms with Gasteiger partial charge < -0.3 is 10.5 Å². The zero-order valence-electron chi connectivity index (χ0n) is 10.2. The smallest absolute Gasteiger partial charge is 0.269 e. The number of methoxy groups -OCH3 is 1. The van der Waals surface area contributed by atoms with Crippen LogP contribution < -0.4 is 10.5 Å². The van der Waals surface area contributed by atoms with Crippen molar-refractivity contribution in [2.24, 2.45) is 5.73 Å². The Morgan fingerprint density at radius 1 is 1.44 bits per heavy atom. The molecule has 2 N–H and O–H groups in total. The van der Waals surface area contributed by atoms with E-state index < -0.39 is 5.91 Å². The SMILES string of the molecule is COc1cccc(CCn2ccc(C(N)=O)n2)c1. The number of benzene rings is 1. The average Bonchev–Trinajstić information content (AvgIpc) is 2.85. The van der Waals surface area contributed by atoms with Crippen LogP contribution >= 0.6 is 0 Å². The Labute approximate surface area is 105 Å². The van der Waals surface area contributed by atoms with Crippen molar-refractivity contribution in [3.63, 3.8) is 0 Å². The molecule has 1 heterocycles. The molecule has 0 bridgehead atoms. The zero-order valence-corrected chi connectivity index (χ0v) is 10.2. The Bertz CT molecular complexity index is 549. The third-order valence-electron chi connectivity index (χ3n) is 2.66. The molecule has 0 saturated carbocycles. The number of carbonyl (C=O) groups excluding carboxylic acids is 1. The molecule has 1 aromatic heterocycles. The summed E-state index contributed by atoms with van der Waals surface area (Å²) in [5.41, 5.74) is 6.59. The van der Waals surface area contributed by atoms with Gasteiger partial charge >= 0.3 is 0 Å². The molecule has 1 aromatic carbocycles. The largest absolute Gasteiger partial charge is 0.497 e. The minimum Gasteiger partial charge on any atom is -0.497 e. The predicted molar refractivity (Wildman–Crippen MR) is 67.4 cm³/mol. The van der Waals surface area contributed by atoms with Gasteiger partial charge in [0.25, 0.3) is 5.91 Å². The van der Waals surface area contributed by atoms with Gasteiger partial charge in [-0.25, -0.2) is 0 Å². The molecule has 0 radical (unpaired) electrons. The molecule has 5 heteroatoms. The van der Waals surface area contributed by atoms with Crippen molar-refractivity contribution in [2.75, 3.05) is 7.11 Å². The Kier molecular flexibility index (Phi) is 3.62. The number of rotatable bonds is 5. The molecule has 0 saturated heterocycles. The maximum atomic E-state index is 10.9. The number of hydrogen-bond donors (Lipinski definition) is 1. The summed E-state index contributed by atoms with van der Waals surface area (Å²) in [5.74, 6) is 0.334. The molecule has 0 atom stereocenters. The zero-order chi connectivity index (χ0) is 13.0. The maximum Gasteiger partial charge on any atom is 0.269 e. The van der Waals surface area contributed by atoms with Crippen LogP contribution in [-0.4, -0.2) is 22.8 Å². The van der Waals surface area contributed by atoms with Gasteiger partial charge in [-0.3, -0.25) is 9.48 Å². The molecule has 0 aliphatic carbocycles. The minimum absolute atomic E-state index is 0.292. The van der Waals surface area contributed by atoms with Crippen molar-refractivity contribution < 1.29 is 9.53 Å². The molecular weight excluding hydrogens is 230 g/mol. The molecular formula is C13H15N3O2. The maximum absolute atomic E-state index is 10.9. The lowest BCUT2D eigenvalue weighted by molar-refractivity contribution is 0.0994. The highest BCUT2D eigenvalue weighted by Gasteiger charge is 2.04. The van der Waals surface area contributed by atoms with Crippen LogP contribution in [0, 0.1) is 0 Å². The lowest BCUT2D eigenvalue weighted by Gasteiger charge is -2.04. The van der Waals surface area contributed by atoms with Crippen molar-refractivity contribution in [3.05, 3.63) is 47.8 Å². The molecule has 18 heavy (non-hydrogen) atoms. The highest BCUT2D eigenvalue weighted by Crippen LogP contribution is 2.13. The van der Waals surface area contributed by atoms with E-state index in [4.69, 9.17) is 10.5 Å². The van der Waals surface area contributed by atoms with Crippen molar-refractivity contribution in [1.82, 2.24) is 9.78 Å². The number of aromatic nitrogens is 2. The summed E-state index contributed by atoms with van der Waals surface area (Å²) in [6.45, 7) is 0.695. The fraction of sp³-hybridized carbons (Fsp3) is 0.231. The molecule has 0 aliphatic heterocycles. The van der Waals surface area contributed by atoms with Gasteiger partial charge in [-0.15, -0.1) is 0 Å². The Balaban J connectivity index is 1.99. The van der Waals surface area contributed by atoms with E-state index in [0.29, 0.717) is 12.2 Å². The minimum atomic E-state index is -0.505. The lowest BCUT2D eigenvalue weighted by Crippen LogP contribution is -2.12. The molecule has 0 aliphatic rings. The Morgan fingerprint density at radius 3 is 2.94 bits per heavy atom. The van der Waals surface area contributed by atoms with Crippen LogP contribution in [0.25, 0.3) is 0 Å². The molecule has 0 fully saturated rings. The van der Waals surface area contributed by atoms with Crippen LogP contribution in [0.4, 0.5) is 0 Å². The van der Waals surface area contributed by atoms with Gasteiger partial charge in [0.15, 0.2) is 0 Å². The van der Waals surface area contributed by atoms with Crippen LogP contribution in [0.15, 0.2) is 36.5 Å². The first kappa shape index (κ1) is 12.2. The van der Waals surface area contributed by atoms with Gasteiger partial charge in [-0.05, 0) is 30.2 Å². The summed E-state index contributed by atoms with van der Waals surface area (Å²) in [7, 11) is 1.64. The monoisotopic (exact) mass is 245 g/mol.